The molecule has 0 atom stereocenters. The van der Waals surface area contributed by atoms with Gasteiger partial charge in [-0.3, -0.25) is 14.5 Å². The molecule has 1 aliphatic heterocycles. The van der Waals surface area contributed by atoms with Gasteiger partial charge in [0.1, 0.15) is 0 Å². The molecule has 20 heavy (non-hydrogen) atoms. The van der Waals surface area contributed by atoms with Crippen LogP contribution in [0.25, 0.3) is 12.2 Å². The van der Waals surface area contributed by atoms with E-state index in [1.54, 1.807) is 12.1 Å². The monoisotopic (exact) mass is 263 g/mol. The summed E-state index contributed by atoms with van der Waals surface area (Å²) in [5.74, 6) is -0.469. The van der Waals surface area contributed by atoms with Crippen molar-refractivity contribution in [3.8, 4) is 0 Å². The first-order valence-corrected chi connectivity index (χ1v) is 6.36. The highest BCUT2D eigenvalue weighted by atomic mass is 16.2. The fourth-order valence-corrected chi connectivity index (χ4v) is 2.24. The van der Waals surface area contributed by atoms with Crippen LogP contribution in [0, 0.1) is 0 Å². The number of hydrogen-bond acceptors (Lipinski definition) is 2. The van der Waals surface area contributed by atoms with Crippen molar-refractivity contribution in [1.29, 1.82) is 0 Å². The van der Waals surface area contributed by atoms with Crippen molar-refractivity contribution in [2.45, 2.75) is 0 Å². The maximum Gasteiger partial charge on any atom is 0.261 e. The standard InChI is InChI=1S/C17H13NO2/c1-18-16(19)14-10-9-13(11-15(14)17(18)20)8-7-12-5-3-2-4-6-12/h2-11H,1H3. The third kappa shape index (κ3) is 2.03. The number of hydrogen-bond donors (Lipinski definition) is 0. The van der Waals surface area contributed by atoms with Crippen LogP contribution in [-0.2, 0) is 0 Å². The summed E-state index contributed by atoms with van der Waals surface area (Å²) in [6.07, 6.45) is 3.92. The zero-order valence-corrected chi connectivity index (χ0v) is 11.0. The summed E-state index contributed by atoms with van der Waals surface area (Å²) in [4.78, 5) is 24.8. The van der Waals surface area contributed by atoms with Crippen LogP contribution >= 0.6 is 0 Å². The second kappa shape index (κ2) is 4.78. The molecule has 0 radical (unpaired) electrons. The Hall–Kier alpha value is -2.68. The third-order valence-corrected chi connectivity index (χ3v) is 3.38. The molecule has 2 aromatic carbocycles. The number of carbonyl (C=O) groups is 2. The van der Waals surface area contributed by atoms with E-state index in [1.165, 1.54) is 7.05 Å². The van der Waals surface area contributed by atoms with Crippen LogP contribution in [0.3, 0.4) is 0 Å². The van der Waals surface area contributed by atoms with E-state index in [9.17, 15) is 9.59 Å². The molecular weight excluding hydrogens is 250 g/mol. The average molecular weight is 263 g/mol. The van der Waals surface area contributed by atoms with E-state index >= 15 is 0 Å². The van der Waals surface area contributed by atoms with E-state index in [0.717, 1.165) is 16.0 Å². The van der Waals surface area contributed by atoms with Gasteiger partial charge in [-0.1, -0.05) is 48.6 Å². The van der Waals surface area contributed by atoms with E-state index in [1.807, 2.05) is 48.6 Å². The van der Waals surface area contributed by atoms with Crippen LogP contribution in [0.5, 0.6) is 0 Å². The predicted octanol–water partition coefficient (Wildman–Crippen LogP) is 3.08. The summed E-state index contributed by atoms with van der Waals surface area (Å²) < 4.78 is 0. The maximum atomic E-state index is 11.9. The van der Waals surface area contributed by atoms with Crippen LogP contribution in [0.4, 0.5) is 0 Å². The number of imide groups is 1. The van der Waals surface area contributed by atoms with Crippen LogP contribution in [0.1, 0.15) is 31.8 Å². The van der Waals surface area contributed by atoms with Gasteiger partial charge in [-0.25, -0.2) is 0 Å². The van der Waals surface area contributed by atoms with Crippen LogP contribution in [0.2, 0.25) is 0 Å². The Bertz CT molecular complexity index is 717. The third-order valence-electron chi connectivity index (χ3n) is 3.38. The van der Waals surface area contributed by atoms with Crippen molar-refractivity contribution >= 4 is 24.0 Å². The second-order valence-electron chi connectivity index (χ2n) is 4.72. The Morgan fingerprint density at radius 2 is 1.45 bits per heavy atom. The molecular formula is C17H13NO2. The highest BCUT2D eigenvalue weighted by molar-refractivity contribution is 6.21. The Morgan fingerprint density at radius 1 is 0.800 bits per heavy atom. The molecule has 0 aromatic heterocycles. The SMILES string of the molecule is CN1C(=O)c2ccc(C=Cc3ccccc3)cc2C1=O. The van der Waals surface area contributed by atoms with Gasteiger partial charge in [0.25, 0.3) is 11.8 Å². The number of benzene rings is 2. The van der Waals surface area contributed by atoms with Gasteiger partial charge in [0.05, 0.1) is 11.1 Å². The number of rotatable bonds is 2. The number of fused-ring (bicyclic) bond motifs is 1. The topological polar surface area (TPSA) is 37.4 Å². The first kappa shape index (κ1) is 12.4. The van der Waals surface area contributed by atoms with Gasteiger partial charge in [-0.2, -0.15) is 0 Å². The normalized spacial score (nSPS) is 14.2. The molecule has 0 saturated carbocycles. The van der Waals surface area contributed by atoms with Gasteiger partial charge in [0.15, 0.2) is 0 Å². The molecule has 0 fully saturated rings. The van der Waals surface area contributed by atoms with Crippen LogP contribution in [-0.4, -0.2) is 23.8 Å². The van der Waals surface area contributed by atoms with Crippen molar-refractivity contribution in [3.05, 3.63) is 70.8 Å². The van der Waals surface area contributed by atoms with E-state index in [-0.39, 0.29) is 11.8 Å². The van der Waals surface area contributed by atoms with Gasteiger partial charge in [0, 0.05) is 7.05 Å². The van der Waals surface area contributed by atoms with E-state index in [4.69, 9.17) is 0 Å². The molecule has 3 rings (SSSR count). The molecule has 1 heterocycles. The zero-order chi connectivity index (χ0) is 14.1. The maximum absolute atomic E-state index is 11.9. The Morgan fingerprint density at radius 3 is 2.20 bits per heavy atom. The summed E-state index contributed by atoms with van der Waals surface area (Å²) in [5, 5.41) is 0. The smallest absolute Gasteiger partial charge is 0.261 e. The average Bonchev–Trinajstić information content (AvgIpc) is 2.71. The summed E-state index contributed by atoms with van der Waals surface area (Å²) in [7, 11) is 1.50. The summed E-state index contributed by atoms with van der Waals surface area (Å²) in [6, 6.07) is 15.2. The van der Waals surface area contributed by atoms with Crippen molar-refractivity contribution in [2.75, 3.05) is 7.05 Å². The molecule has 0 spiro atoms. The highest BCUT2D eigenvalue weighted by Gasteiger charge is 2.32. The molecule has 2 aromatic rings. The minimum absolute atomic E-state index is 0.233. The zero-order valence-electron chi connectivity index (χ0n) is 11.0. The quantitative estimate of drug-likeness (QED) is 0.616. The molecule has 0 aliphatic carbocycles. The Kier molecular flexibility index (Phi) is 2.95. The summed E-state index contributed by atoms with van der Waals surface area (Å²) in [5.41, 5.74) is 2.96. The van der Waals surface area contributed by atoms with Crippen LogP contribution in [0.15, 0.2) is 48.5 Å². The molecule has 0 N–H and O–H groups in total. The van der Waals surface area contributed by atoms with Gasteiger partial charge in [-0.05, 0) is 23.3 Å². The fraction of sp³-hybridized carbons (Fsp3) is 0.0588. The van der Waals surface area contributed by atoms with E-state index < -0.39 is 0 Å². The molecule has 0 unspecified atom stereocenters. The van der Waals surface area contributed by atoms with Crippen molar-refractivity contribution in [3.63, 3.8) is 0 Å². The lowest BCUT2D eigenvalue weighted by molar-refractivity contribution is 0.0693. The van der Waals surface area contributed by atoms with Gasteiger partial charge < -0.3 is 0 Å². The molecule has 0 bridgehead atoms. The predicted molar refractivity (Wildman–Crippen MR) is 78.2 cm³/mol. The minimum atomic E-state index is -0.236. The molecule has 98 valence electrons. The van der Waals surface area contributed by atoms with Crippen molar-refractivity contribution in [1.82, 2.24) is 4.90 Å². The van der Waals surface area contributed by atoms with Gasteiger partial charge in [-0.15, -0.1) is 0 Å². The molecule has 3 nitrogen and oxygen atoms in total. The minimum Gasteiger partial charge on any atom is -0.277 e. The molecule has 1 aliphatic rings. The lowest BCUT2D eigenvalue weighted by Crippen LogP contribution is -2.24. The first-order chi connectivity index (χ1) is 9.66. The fourth-order valence-electron chi connectivity index (χ4n) is 2.24. The molecule has 0 saturated heterocycles. The van der Waals surface area contributed by atoms with Crippen molar-refractivity contribution in [2.24, 2.45) is 0 Å². The first-order valence-electron chi connectivity index (χ1n) is 6.36. The highest BCUT2D eigenvalue weighted by Crippen LogP contribution is 2.23. The lowest BCUT2D eigenvalue weighted by atomic mass is 10.0. The number of nitrogens with zero attached hydrogens (tertiary/aromatic N) is 1. The molecule has 3 heteroatoms. The molecule has 2 amide bonds. The largest absolute Gasteiger partial charge is 0.277 e. The number of amides is 2. The lowest BCUT2D eigenvalue weighted by Gasteiger charge is -2.02. The van der Waals surface area contributed by atoms with Gasteiger partial charge >= 0.3 is 0 Å². The number of carbonyl (C=O) groups excluding carboxylic acids is 2. The van der Waals surface area contributed by atoms with E-state index in [0.29, 0.717) is 11.1 Å². The summed E-state index contributed by atoms with van der Waals surface area (Å²) >= 11 is 0. The van der Waals surface area contributed by atoms with Gasteiger partial charge in [0.2, 0.25) is 0 Å². The Balaban J connectivity index is 1.93. The Labute approximate surface area is 117 Å². The summed E-state index contributed by atoms with van der Waals surface area (Å²) in [6.45, 7) is 0. The van der Waals surface area contributed by atoms with Crippen LogP contribution < -0.4 is 0 Å². The second-order valence-corrected chi connectivity index (χ2v) is 4.72. The van der Waals surface area contributed by atoms with E-state index in [2.05, 4.69) is 0 Å². The van der Waals surface area contributed by atoms with Crippen molar-refractivity contribution < 1.29 is 9.59 Å².